The second-order valence-electron chi connectivity index (χ2n) is 2.90. The highest BCUT2D eigenvalue weighted by Crippen LogP contribution is 2.13. The highest BCUT2D eigenvalue weighted by Gasteiger charge is 2.10. The fraction of sp³-hybridized carbons (Fsp3) is 0.100. The highest BCUT2D eigenvalue weighted by atomic mass is 16.6. The lowest BCUT2D eigenvalue weighted by atomic mass is 10.2. The summed E-state index contributed by atoms with van der Waals surface area (Å²) < 4.78 is 9.40. The topological polar surface area (TPSA) is 76.0 Å². The largest absolute Gasteiger partial charge is 0.707 e. The lowest BCUT2D eigenvalue weighted by Gasteiger charge is -2.06. The van der Waals surface area contributed by atoms with Crippen LogP contribution in [0.15, 0.2) is 36.9 Å². The van der Waals surface area contributed by atoms with Crippen LogP contribution in [0.1, 0.15) is 5.56 Å². The number of hydrogen-bond acceptors (Lipinski definition) is 5. The van der Waals surface area contributed by atoms with Gasteiger partial charge in [-0.05, 0) is 17.7 Å². The van der Waals surface area contributed by atoms with Gasteiger partial charge in [0.1, 0.15) is 12.4 Å². The smallest absolute Gasteiger partial charge is 0.512 e. The molecule has 0 aliphatic carbocycles. The summed E-state index contributed by atoms with van der Waals surface area (Å²) in [7, 11) is -1.84. The standard InChI is InChI=1S/C10H11BO5/c1-2-10(12)15-7-8-3-5-9(6-4-8)16-11(13)14/h2-6,13-14H,1,7H2. The Hall–Kier alpha value is -1.79. The first-order valence-electron chi connectivity index (χ1n) is 4.52. The zero-order valence-corrected chi connectivity index (χ0v) is 8.50. The normalized spacial score (nSPS) is 9.38. The van der Waals surface area contributed by atoms with Gasteiger partial charge in [-0.3, -0.25) is 0 Å². The van der Waals surface area contributed by atoms with Crippen LogP contribution in [0.3, 0.4) is 0 Å². The van der Waals surface area contributed by atoms with Gasteiger partial charge in [0.15, 0.2) is 0 Å². The average molecular weight is 222 g/mol. The zero-order valence-electron chi connectivity index (χ0n) is 8.50. The van der Waals surface area contributed by atoms with Crippen LogP contribution in [0, 0.1) is 0 Å². The van der Waals surface area contributed by atoms with Gasteiger partial charge in [-0.1, -0.05) is 18.7 Å². The maximum Gasteiger partial charge on any atom is 0.707 e. The fourth-order valence-corrected chi connectivity index (χ4v) is 0.999. The highest BCUT2D eigenvalue weighted by molar-refractivity contribution is 6.33. The molecule has 0 aliphatic rings. The zero-order chi connectivity index (χ0) is 12.0. The van der Waals surface area contributed by atoms with E-state index in [9.17, 15) is 4.79 Å². The molecule has 5 nitrogen and oxygen atoms in total. The summed E-state index contributed by atoms with van der Waals surface area (Å²) in [5.74, 6) is -0.181. The van der Waals surface area contributed by atoms with Crippen LogP contribution in [0.2, 0.25) is 0 Å². The van der Waals surface area contributed by atoms with Crippen molar-refractivity contribution in [3.8, 4) is 5.75 Å². The number of hydrogen-bond donors (Lipinski definition) is 2. The summed E-state index contributed by atoms with van der Waals surface area (Å²) in [5.41, 5.74) is 0.759. The van der Waals surface area contributed by atoms with E-state index >= 15 is 0 Å². The van der Waals surface area contributed by atoms with Crippen molar-refractivity contribution >= 4 is 13.3 Å². The fourth-order valence-electron chi connectivity index (χ4n) is 0.999. The second kappa shape index (κ2) is 5.94. The van der Waals surface area contributed by atoms with Crippen molar-refractivity contribution < 1.29 is 24.2 Å². The molecular weight excluding hydrogens is 211 g/mol. The SMILES string of the molecule is C=CC(=O)OCc1ccc(OB(O)O)cc1. The van der Waals surface area contributed by atoms with E-state index in [1.54, 1.807) is 12.1 Å². The van der Waals surface area contributed by atoms with Gasteiger partial charge in [0.25, 0.3) is 0 Å². The first-order valence-corrected chi connectivity index (χ1v) is 4.52. The minimum atomic E-state index is -1.84. The summed E-state index contributed by atoms with van der Waals surface area (Å²) in [5, 5.41) is 17.1. The molecule has 0 unspecified atom stereocenters. The summed E-state index contributed by atoms with van der Waals surface area (Å²) >= 11 is 0. The average Bonchev–Trinajstić information content (AvgIpc) is 2.27. The van der Waals surface area contributed by atoms with Gasteiger partial charge < -0.3 is 19.4 Å². The van der Waals surface area contributed by atoms with Gasteiger partial charge in [0.2, 0.25) is 0 Å². The Morgan fingerprint density at radius 1 is 1.38 bits per heavy atom. The maximum atomic E-state index is 10.8. The third-order valence-electron chi connectivity index (χ3n) is 1.71. The Balaban J connectivity index is 2.51. The molecule has 0 atom stereocenters. The summed E-state index contributed by atoms with van der Waals surface area (Å²) in [6.45, 7) is 3.40. The second-order valence-corrected chi connectivity index (χ2v) is 2.90. The van der Waals surface area contributed by atoms with Gasteiger partial charge in [-0.15, -0.1) is 0 Å². The molecule has 0 saturated heterocycles. The molecule has 0 spiro atoms. The van der Waals surface area contributed by atoms with Crippen LogP contribution < -0.4 is 4.65 Å². The van der Waals surface area contributed by atoms with Crippen molar-refractivity contribution in [2.24, 2.45) is 0 Å². The lowest BCUT2D eigenvalue weighted by molar-refractivity contribution is -0.138. The molecule has 84 valence electrons. The number of esters is 1. The Morgan fingerprint density at radius 2 is 2.00 bits per heavy atom. The van der Waals surface area contributed by atoms with E-state index < -0.39 is 13.3 Å². The van der Waals surface area contributed by atoms with E-state index in [2.05, 4.69) is 11.2 Å². The Bertz CT molecular complexity index is 360. The molecule has 0 saturated carbocycles. The van der Waals surface area contributed by atoms with Crippen LogP contribution in [-0.4, -0.2) is 23.3 Å². The van der Waals surface area contributed by atoms with E-state index in [1.807, 2.05) is 0 Å². The number of ether oxygens (including phenoxy) is 1. The molecule has 0 radical (unpaired) electrons. The molecule has 0 amide bonds. The van der Waals surface area contributed by atoms with Crippen molar-refractivity contribution in [1.82, 2.24) is 0 Å². The molecule has 2 N–H and O–H groups in total. The van der Waals surface area contributed by atoms with Crippen molar-refractivity contribution in [1.29, 1.82) is 0 Å². The molecule has 0 fully saturated rings. The van der Waals surface area contributed by atoms with Gasteiger partial charge in [-0.25, -0.2) is 4.79 Å². The van der Waals surface area contributed by atoms with Crippen molar-refractivity contribution in [3.05, 3.63) is 42.5 Å². The summed E-state index contributed by atoms with van der Waals surface area (Å²) in [6, 6.07) is 6.37. The molecule has 0 aromatic heterocycles. The van der Waals surface area contributed by atoms with Crippen molar-refractivity contribution in [2.75, 3.05) is 0 Å². The van der Waals surface area contributed by atoms with Crippen molar-refractivity contribution in [2.45, 2.75) is 6.61 Å². The van der Waals surface area contributed by atoms with E-state index in [-0.39, 0.29) is 6.61 Å². The lowest BCUT2D eigenvalue weighted by Crippen LogP contribution is -2.20. The number of carbonyl (C=O) groups is 1. The Kier molecular flexibility index (Phi) is 4.56. The number of carbonyl (C=O) groups excluding carboxylic acids is 1. The van der Waals surface area contributed by atoms with Gasteiger partial charge >= 0.3 is 13.3 Å². The molecule has 0 aliphatic heterocycles. The number of benzene rings is 1. The first-order chi connectivity index (χ1) is 7.61. The van der Waals surface area contributed by atoms with E-state index in [0.717, 1.165) is 11.6 Å². The quantitative estimate of drug-likeness (QED) is 0.424. The van der Waals surface area contributed by atoms with Crippen LogP contribution in [0.4, 0.5) is 0 Å². The Labute approximate surface area is 93.1 Å². The van der Waals surface area contributed by atoms with Gasteiger partial charge in [0.05, 0.1) is 0 Å². The summed E-state index contributed by atoms with van der Waals surface area (Å²) in [4.78, 5) is 10.8. The molecule has 6 heteroatoms. The molecular formula is C10H11BO5. The van der Waals surface area contributed by atoms with Crippen LogP contribution in [-0.2, 0) is 16.1 Å². The van der Waals surface area contributed by atoms with E-state index in [4.69, 9.17) is 14.8 Å². The van der Waals surface area contributed by atoms with Crippen LogP contribution in [0.5, 0.6) is 5.75 Å². The molecule has 0 heterocycles. The van der Waals surface area contributed by atoms with Crippen LogP contribution in [0.25, 0.3) is 0 Å². The predicted octanol–water partition coefficient (Wildman–Crippen LogP) is 0.264. The predicted molar refractivity (Wildman–Crippen MR) is 57.3 cm³/mol. The maximum absolute atomic E-state index is 10.8. The van der Waals surface area contributed by atoms with Gasteiger partial charge in [-0.2, -0.15) is 0 Å². The third kappa shape index (κ3) is 4.16. The van der Waals surface area contributed by atoms with E-state index in [0.29, 0.717) is 5.75 Å². The summed E-state index contributed by atoms with van der Waals surface area (Å²) in [6.07, 6.45) is 1.08. The molecule has 1 rings (SSSR count). The third-order valence-corrected chi connectivity index (χ3v) is 1.71. The molecule has 1 aromatic carbocycles. The minimum Gasteiger partial charge on any atom is -0.512 e. The van der Waals surface area contributed by atoms with Gasteiger partial charge in [0, 0.05) is 6.08 Å². The van der Waals surface area contributed by atoms with E-state index in [1.165, 1.54) is 12.1 Å². The first kappa shape index (κ1) is 12.3. The molecule has 16 heavy (non-hydrogen) atoms. The van der Waals surface area contributed by atoms with Crippen LogP contribution >= 0.6 is 0 Å². The molecule has 0 bridgehead atoms. The molecule has 1 aromatic rings. The minimum absolute atomic E-state index is 0.132. The Morgan fingerprint density at radius 3 is 2.50 bits per heavy atom. The monoisotopic (exact) mass is 222 g/mol. The number of rotatable bonds is 5. The van der Waals surface area contributed by atoms with Crippen molar-refractivity contribution in [3.63, 3.8) is 0 Å².